The number of nitrogens with two attached hydrogens (primary N) is 1. The smallest absolute Gasteiger partial charge is 0.227 e. The molecule has 1 fully saturated rings. The van der Waals surface area contributed by atoms with Gasteiger partial charge in [0.25, 0.3) is 0 Å². The zero-order valence-electron chi connectivity index (χ0n) is 10.6. The van der Waals surface area contributed by atoms with Gasteiger partial charge in [0.15, 0.2) is 0 Å². The second kappa shape index (κ2) is 5.85. The van der Waals surface area contributed by atoms with Gasteiger partial charge in [-0.1, -0.05) is 28.1 Å². The Bertz CT molecular complexity index is 436. The van der Waals surface area contributed by atoms with Crippen LogP contribution in [0.25, 0.3) is 0 Å². The summed E-state index contributed by atoms with van der Waals surface area (Å²) >= 11 is 3.43. The molecule has 0 bridgehead atoms. The first-order valence-corrected chi connectivity index (χ1v) is 7.15. The lowest BCUT2D eigenvalue weighted by Gasteiger charge is -2.36. The van der Waals surface area contributed by atoms with Crippen molar-refractivity contribution in [2.75, 3.05) is 6.54 Å². The summed E-state index contributed by atoms with van der Waals surface area (Å²) in [7, 11) is 0. The average molecular weight is 311 g/mol. The SMILES string of the molecule is CC1CC(N)CCN1C(=O)Cc1cccc(Br)c1. The Kier molecular flexibility index (Phi) is 4.40. The van der Waals surface area contributed by atoms with E-state index in [4.69, 9.17) is 5.73 Å². The number of likely N-dealkylation sites (tertiary alicyclic amines) is 1. The van der Waals surface area contributed by atoms with Gasteiger partial charge in [-0.2, -0.15) is 0 Å². The van der Waals surface area contributed by atoms with Gasteiger partial charge in [0.1, 0.15) is 0 Å². The fourth-order valence-corrected chi connectivity index (χ4v) is 2.95. The van der Waals surface area contributed by atoms with Crippen LogP contribution in [0.3, 0.4) is 0 Å². The molecule has 2 atom stereocenters. The molecule has 1 saturated heterocycles. The van der Waals surface area contributed by atoms with E-state index in [1.165, 1.54) is 0 Å². The van der Waals surface area contributed by atoms with E-state index in [2.05, 4.69) is 22.9 Å². The van der Waals surface area contributed by atoms with Crippen molar-refractivity contribution in [1.82, 2.24) is 4.90 Å². The van der Waals surface area contributed by atoms with Crippen molar-refractivity contribution < 1.29 is 4.79 Å². The normalized spacial score (nSPS) is 24.1. The summed E-state index contributed by atoms with van der Waals surface area (Å²) in [6.45, 7) is 2.87. The quantitative estimate of drug-likeness (QED) is 0.911. The highest BCUT2D eigenvalue weighted by Crippen LogP contribution is 2.18. The van der Waals surface area contributed by atoms with E-state index in [1.807, 2.05) is 29.2 Å². The molecule has 2 rings (SSSR count). The van der Waals surface area contributed by atoms with Crippen LogP contribution in [0, 0.1) is 0 Å². The Hall–Kier alpha value is -0.870. The van der Waals surface area contributed by atoms with Crippen LogP contribution in [0.2, 0.25) is 0 Å². The third-order valence-electron chi connectivity index (χ3n) is 3.48. The maximum atomic E-state index is 12.3. The van der Waals surface area contributed by atoms with Crippen LogP contribution in [-0.4, -0.2) is 29.4 Å². The molecular formula is C14H19BrN2O. The van der Waals surface area contributed by atoms with Crippen molar-refractivity contribution in [2.45, 2.75) is 38.3 Å². The number of nitrogens with zero attached hydrogens (tertiary/aromatic N) is 1. The number of carbonyl (C=O) groups excluding carboxylic acids is 1. The summed E-state index contributed by atoms with van der Waals surface area (Å²) in [5, 5.41) is 0. The number of hydrogen-bond acceptors (Lipinski definition) is 2. The lowest BCUT2D eigenvalue weighted by molar-refractivity contribution is -0.133. The first kappa shape index (κ1) is 13.6. The van der Waals surface area contributed by atoms with Crippen molar-refractivity contribution in [2.24, 2.45) is 5.73 Å². The average Bonchev–Trinajstić information content (AvgIpc) is 2.28. The van der Waals surface area contributed by atoms with E-state index in [0.29, 0.717) is 6.42 Å². The predicted octanol–water partition coefficient (Wildman–Crippen LogP) is 2.33. The van der Waals surface area contributed by atoms with Gasteiger partial charge in [0.05, 0.1) is 6.42 Å². The van der Waals surface area contributed by atoms with E-state index in [1.54, 1.807) is 0 Å². The maximum Gasteiger partial charge on any atom is 0.227 e. The minimum absolute atomic E-state index is 0.201. The molecule has 2 N–H and O–H groups in total. The molecule has 98 valence electrons. The van der Waals surface area contributed by atoms with E-state index in [-0.39, 0.29) is 18.0 Å². The molecule has 1 aromatic rings. The highest BCUT2D eigenvalue weighted by Gasteiger charge is 2.26. The largest absolute Gasteiger partial charge is 0.340 e. The number of amides is 1. The first-order valence-electron chi connectivity index (χ1n) is 6.36. The van der Waals surface area contributed by atoms with E-state index < -0.39 is 0 Å². The molecular weight excluding hydrogens is 292 g/mol. The zero-order valence-corrected chi connectivity index (χ0v) is 12.2. The molecule has 0 spiro atoms. The Balaban J connectivity index is 1.99. The Morgan fingerprint density at radius 1 is 1.56 bits per heavy atom. The highest BCUT2D eigenvalue weighted by molar-refractivity contribution is 9.10. The Morgan fingerprint density at radius 2 is 2.33 bits per heavy atom. The molecule has 1 aromatic carbocycles. The molecule has 1 aliphatic rings. The number of hydrogen-bond donors (Lipinski definition) is 1. The third-order valence-corrected chi connectivity index (χ3v) is 3.97. The fraction of sp³-hybridized carbons (Fsp3) is 0.500. The third kappa shape index (κ3) is 3.33. The van der Waals surface area contributed by atoms with Gasteiger partial charge < -0.3 is 10.6 Å². The molecule has 1 amide bonds. The molecule has 0 saturated carbocycles. The molecule has 0 aromatic heterocycles. The zero-order chi connectivity index (χ0) is 13.1. The van der Waals surface area contributed by atoms with E-state index in [0.717, 1.165) is 29.4 Å². The van der Waals surface area contributed by atoms with Crippen molar-refractivity contribution in [3.05, 3.63) is 34.3 Å². The minimum Gasteiger partial charge on any atom is -0.340 e. The molecule has 1 heterocycles. The van der Waals surface area contributed by atoms with Gasteiger partial charge in [-0.05, 0) is 37.5 Å². The lowest BCUT2D eigenvalue weighted by Crippen LogP contribution is -2.48. The summed E-state index contributed by atoms with van der Waals surface area (Å²) in [4.78, 5) is 14.2. The van der Waals surface area contributed by atoms with Crippen LogP contribution < -0.4 is 5.73 Å². The second-order valence-corrected chi connectivity index (χ2v) is 5.94. The van der Waals surface area contributed by atoms with Gasteiger partial charge in [0.2, 0.25) is 5.91 Å². The number of piperidine rings is 1. The van der Waals surface area contributed by atoms with Crippen molar-refractivity contribution in [3.63, 3.8) is 0 Å². The molecule has 0 radical (unpaired) electrons. The summed E-state index contributed by atoms with van der Waals surface area (Å²) in [6, 6.07) is 8.42. The maximum absolute atomic E-state index is 12.3. The first-order chi connectivity index (χ1) is 8.56. The molecule has 0 aliphatic carbocycles. The number of halogens is 1. The van der Waals surface area contributed by atoms with Crippen LogP contribution in [0.1, 0.15) is 25.3 Å². The summed E-state index contributed by atoms with van der Waals surface area (Å²) in [5.74, 6) is 0.201. The monoisotopic (exact) mass is 310 g/mol. The Morgan fingerprint density at radius 3 is 3.00 bits per heavy atom. The molecule has 2 unspecified atom stereocenters. The van der Waals surface area contributed by atoms with Gasteiger partial charge >= 0.3 is 0 Å². The summed E-state index contributed by atoms with van der Waals surface area (Å²) < 4.78 is 1.02. The summed E-state index contributed by atoms with van der Waals surface area (Å²) in [6.07, 6.45) is 2.29. The highest BCUT2D eigenvalue weighted by atomic mass is 79.9. The van der Waals surface area contributed by atoms with Crippen LogP contribution >= 0.6 is 15.9 Å². The molecule has 3 nitrogen and oxygen atoms in total. The van der Waals surface area contributed by atoms with Crippen LogP contribution in [0.4, 0.5) is 0 Å². The van der Waals surface area contributed by atoms with E-state index in [9.17, 15) is 4.79 Å². The van der Waals surface area contributed by atoms with Crippen molar-refractivity contribution in [1.29, 1.82) is 0 Å². The van der Waals surface area contributed by atoms with E-state index >= 15 is 0 Å². The van der Waals surface area contributed by atoms with Crippen LogP contribution in [0.15, 0.2) is 28.7 Å². The minimum atomic E-state index is 0.201. The Labute approximate surface area is 116 Å². The van der Waals surface area contributed by atoms with Crippen molar-refractivity contribution >= 4 is 21.8 Å². The van der Waals surface area contributed by atoms with Gasteiger partial charge in [-0.15, -0.1) is 0 Å². The predicted molar refractivity (Wildman–Crippen MR) is 76.2 cm³/mol. The molecule has 18 heavy (non-hydrogen) atoms. The number of benzene rings is 1. The van der Waals surface area contributed by atoms with Gasteiger partial charge in [-0.3, -0.25) is 4.79 Å². The van der Waals surface area contributed by atoms with Gasteiger partial charge in [-0.25, -0.2) is 0 Å². The van der Waals surface area contributed by atoms with Gasteiger partial charge in [0, 0.05) is 23.1 Å². The standard InChI is InChI=1S/C14H19BrN2O/c1-10-7-13(16)5-6-17(10)14(18)9-11-3-2-4-12(15)8-11/h2-4,8,10,13H,5-7,9,16H2,1H3. The van der Waals surface area contributed by atoms with Crippen LogP contribution in [-0.2, 0) is 11.2 Å². The second-order valence-electron chi connectivity index (χ2n) is 5.03. The molecule has 4 heteroatoms. The number of rotatable bonds is 2. The lowest BCUT2D eigenvalue weighted by atomic mass is 9.98. The van der Waals surface area contributed by atoms with Crippen molar-refractivity contribution in [3.8, 4) is 0 Å². The fourth-order valence-electron chi connectivity index (χ4n) is 2.50. The topological polar surface area (TPSA) is 46.3 Å². The molecule has 1 aliphatic heterocycles. The number of carbonyl (C=O) groups is 1. The summed E-state index contributed by atoms with van der Waals surface area (Å²) in [5.41, 5.74) is 6.97. The van der Waals surface area contributed by atoms with Crippen LogP contribution in [0.5, 0.6) is 0 Å².